The fourth-order valence-electron chi connectivity index (χ4n) is 2.90. The molecule has 122 valence electrons. The van der Waals surface area contributed by atoms with E-state index in [0.717, 1.165) is 30.4 Å². The summed E-state index contributed by atoms with van der Waals surface area (Å²) in [6, 6.07) is 20.7. The molecule has 0 saturated carbocycles. The number of benzene rings is 2. The van der Waals surface area contributed by atoms with Gasteiger partial charge < -0.3 is 5.32 Å². The molecule has 0 unspecified atom stereocenters. The normalized spacial score (nSPS) is 11.5. The second kappa shape index (κ2) is 7.96. The minimum absolute atomic E-state index is 0.0385. The fourth-order valence-corrected chi connectivity index (χ4v) is 2.90. The smallest absolute Gasteiger partial charge is 0.223 e. The van der Waals surface area contributed by atoms with Gasteiger partial charge in [-0.1, -0.05) is 94.3 Å². The van der Waals surface area contributed by atoms with Gasteiger partial charge in [0.05, 0.1) is 5.54 Å². The first-order chi connectivity index (χ1) is 11.1. The molecular formula is C21H27NO. The van der Waals surface area contributed by atoms with Crippen molar-refractivity contribution in [1.82, 2.24) is 5.32 Å². The van der Waals surface area contributed by atoms with Crippen molar-refractivity contribution < 1.29 is 4.79 Å². The second-order valence-corrected chi connectivity index (χ2v) is 6.38. The molecule has 0 aliphatic heterocycles. The van der Waals surface area contributed by atoms with E-state index in [2.05, 4.69) is 36.5 Å². The van der Waals surface area contributed by atoms with Crippen LogP contribution in [0.25, 0.3) is 0 Å². The first kappa shape index (κ1) is 17.3. The van der Waals surface area contributed by atoms with Crippen LogP contribution in [0.15, 0.2) is 60.7 Å². The van der Waals surface area contributed by atoms with Crippen molar-refractivity contribution in [2.75, 3.05) is 0 Å². The standard InChI is InChI=1S/C21H27NO/c1-4-5-16-21(22-20(23)17(2)3,18-12-8-6-9-13-18)19-14-10-7-11-15-19/h6-15,17H,4-5,16H2,1-3H3,(H,22,23). The first-order valence-corrected chi connectivity index (χ1v) is 8.53. The van der Waals surface area contributed by atoms with Crippen molar-refractivity contribution in [2.24, 2.45) is 5.92 Å². The SMILES string of the molecule is CCCCC(NC(=O)C(C)C)(c1ccccc1)c1ccccc1. The highest BCUT2D eigenvalue weighted by Gasteiger charge is 2.35. The van der Waals surface area contributed by atoms with Gasteiger partial charge in [0.1, 0.15) is 0 Å². The zero-order valence-corrected chi connectivity index (χ0v) is 14.4. The summed E-state index contributed by atoms with van der Waals surface area (Å²) in [4.78, 5) is 12.6. The van der Waals surface area contributed by atoms with Crippen LogP contribution in [-0.4, -0.2) is 5.91 Å². The zero-order valence-electron chi connectivity index (χ0n) is 14.4. The third-order valence-electron chi connectivity index (χ3n) is 4.30. The molecule has 23 heavy (non-hydrogen) atoms. The van der Waals surface area contributed by atoms with Gasteiger partial charge in [-0.3, -0.25) is 4.79 Å². The van der Waals surface area contributed by atoms with E-state index < -0.39 is 5.54 Å². The van der Waals surface area contributed by atoms with Crippen molar-refractivity contribution in [3.8, 4) is 0 Å². The van der Waals surface area contributed by atoms with E-state index in [0.29, 0.717) is 0 Å². The highest BCUT2D eigenvalue weighted by molar-refractivity contribution is 5.79. The van der Waals surface area contributed by atoms with Crippen LogP contribution in [0, 0.1) is 5.92 Å². The maximum Gasteiger partial charge on any atom is 0.223 e. The minimum atomic E-state index is -0.458. The van der Waals surface area contributed by atoms with Gasteiger partial charge in [0.15, 0.2) is 0 Å². The number of carbonyl (C=O) groups is 1. The predicted octanol–water partition coefficient (Wildman–Crippen LogP) is 4.89. The Hall–Kier alpha value is -2.09. The lowest BCUT2D eigenvalue weighted by Crippen LogP contribution is -2.48. The molecule has 0 saturated heterocycles. The molecule has 0 bridgehead atoms. The number of unbranched alkanes of at least 4 members (excludes halogenated alkanes) is 1. The largest absolute Gasteiger partial charge is 0.342 e. The molecule has 2 rings (SSSR count). The average molecular weight is 309 g/mol. The number of amides is 1. The molecule has 2 nitrogen and oxygen atoms in total. The van der Waals surface area contributed by atoms with E-state index in [1.54, 1.807) is 0 Å². The lowest BCUT2D eigenvalue weighted by Gasteiger charge is -2.37. The van der Waals surface area contributed by atoms with Crippen LogP contribution in [0.2, 0.25) is 0 Å². The Morgan fingerprint density at radius 2 is 1.43 bits per heavy atom. The molecule has 2 aromatic rings. The van der Waals surface area contributed by atoms with Crippen LogP contribution in [0.1, 0.15) is 51.2 Å². The summed E-state index contributed by atoms with van der Waals surface area (Å²) >= 11 is 0. The summed E-state index contributed by atoms with van der Waals surface area (Å²) in [5.41, 5.74) is 1.84. The van der Waals surface area contributed by atoms with Crippen molar-refractivity contribution in [2.45, 2.75) is 45.6 Å². The molecule has 0 aliphatic rings. The maximum atomic E-state index is 12.6. The number of hydrogen-bond acceptors (Lipinski definition) is 1. The van der Waals surface area contributed by atoms with Gasteiger partial charge in [0, 0.05) is 5.92 Å². The molecule has 0 aliphatic carbocycles. The highest BCUT2D eigenvalue weighted by Crippen LogP contribution is 2.35. The molecule has 0 heterocycles. The summed E-state index contributed by atoms with van der Waals surface area (Å²) in [6.45, 7) is 6.07. The van der Waals surface area contributed by atoms with E-state index in [4.69, 9.17) is 0 Å². The Kier molecular flexibility index (Phi) is 5.97. The van der Waals surface area contributed by atoms with Crippen LogP contribution >= 0.6 is 0 Å². The van der Waals surface area contributed by atoms with Gasteiger partial charge in [-0.15, -0.1) is 0 Å². The Bertz CT molecular complexity index is 565. The van der Waals surface area contributed by atoms with Crippen molar-refractivity contribution in [1.29, 1.82) is 0 Å². The monoisotopic (exact) mass is 309 g/mol. The molecule has 0 atom stereocenters. The van der Waals surface area contributed by atoms with Crippen molar-refractivity contribution in [3.05, 3.63) is 71.8 Å². The van der Waals surface area contributed by atoms with Crippen LogP contribution in [0.3, 0.4) is 0 Å². The lowest BCUT2D eigenvalue weighted by molar-refractivity contribution is -0.125. The van der Waals surface area contributed by atoms with Gasteiger partial charge in [-0.2, -0.15) is 0 Å². The van der Waals surface area contributed by atoms with Crippen molar-refractivity contribution in [3.63, 3.8) is 0 Å². The van der Waals surface area contributed by atoms with Crippen LogP contribution in [0.4, 0.5) is 0 Å². The third-order valence-corrected chi connectivity index (χ3v) is 4.30. The number of carbonyl (C=O) groups excluding carboxylic acids is 1. The topological polar surface area (TPSA) is 29.1 Å². The van der Waals surface area contributed by atoms with E-state index in [-0.39, 0.29) is 11.8 Å². The average Bonchev–Trinajstić information content (AvgIpc) is 2.60. The third kappa shape index (κ3) is 4.01. The molecule has 0 aromatic heterocycles. The molecule has 1 amide bonds. The molecule has 1 N–H and O–H groups in total. The summed E-state index contributed by atoms with van der Waals surface area (Å²) in [5.74, 6) is 0.0530. The van der Waals surface area contributed by atoms with Gasteiger partial charge in [0.25, 0.3) is 0 Å². The summed E-state index contributed by atoms with van der Waals surface area (Å²) in [6.07, 6.45) is 3.05. The van der Waals surface area contributed by atoms with Crippen molar-refractivity contribution >= 4 is 5.91 Å². The van der Waals surface area contributed by atoms with Gasteiger partial charge in [-0.25, -0.2) is 0 Å². The Morgan fingerprint density at radius 3 is 1.83 bits per heavy atom. The fraction of sp³-hybridized carbons (Fsp3) is 0.381. The molecule has 2 aromatic carbocycles. The molecule has 0 radical (unpaired) electrons. The zero-order chi connectivity index (χ0) is 16.7. The minimum Gasteiger partial charge on any atom is -0.342 e. The molecule has 2 heteroatoms. The van der Waals surface area contributed by atoms with Gasteiger partial charge >= 0.3 is 0 Å². The Morgan fingerprint density at radius 1 is 0.957 bits per heavy atom. The first-order valence-electron chi connectivity index (χ1n) is 8.53. The molecule has 0 spiro atoms. The Labute approximate surface area is 139 Å². The van der Waals surface area contributed by atoms with Crippen LogP contribution in [-0.2, 0) is 10.3 Å². The summed E-state index contributed by atoms with van der Waals surface area (Å²) < 4.78 is 0. The quantitative estimate of drug-likeness (QED) is 0.775. The van der Waals surface area contributed by atoms with Gasteiger partial charge in [0.2, 0.25) is 5.91 Å². The number of rotatable bonds is 7. The van der Waals surface area contributed by atoms with Crippen LogP contribution < -0.4 is 5.32 Å². The van der Waals surface area contributed by atoms with E-state index in [1.165, 1.54) is 0 Å². The second-order valence-electron chi connectivity index (χ2n) is 6.38. The van der Waals surface area contributed by atoms with E-state index >= 15 is 0 Å². The molecular weight excluding hydrogens is 282 g/mol. The Balaban J connectivity index is 2.55. The van der Waals surface area contributed by atoms with Crippen LogP contribution in [0.5, 0.6) is 0 Å². The molecule has 0 fully saturated rings. The number of nitrogens with one attached hydrogen (secondary N) is 1. The maximum absolute atomic E-state index is 12.6. The lowest BCUT2D eigenvalue weighted by atomic mass is 9.78. The predicted molar refractivity (Wildman–Crippen MR) is 96.2 cm³/mol. The summed E-state index contributed by atoms with van der Waals surface area (Å²) in [7, 11) is 0. The number of hydrogen-bond donors (Lipinski definition) is 1. The van der Waals surface area contributed by atoms with Gasteiger partial charge in [-0.05, 0) is 17.5 Å². The van der Waals surface area contributed by atoms with E-state index in [1.807, 2.05) is 50.2 Å². The summed E-state index contributed by atoms with van der Waals surface area (Å²) in [5, 5.41) is 3.36. The van der Waals surface area contributed by atoms with E-state index in [9.17, 15) is 4.79 Å². The highest BCUT2D eigenvalue weighted by atomic mass is 16.2.